The molecule has 0 heterocycles. The Labute approximate surface area is 136 Å². The van der Waals surface area contributed by atoms with Crippen LogP contribution >= 0.6 is 0 Å². The van der Waals surface area contributed by atoms with Gasteiger partial charge in [0.05, 0.1) is 6.61 Å². The second-order valence-electron chi connectivity index (χ2n) is 6.36. The summed E-state index contributed by atoms with van der Waals surface area (Å²) in [6.07, 6.45) is 4.06. The summed E-state index contributed by atoms with van der Waals surface area (Å²) in [5.41, 5.74) is 1.38. The molecule has 2 saturated carbocycles. The fourth-order valence-electron chi connectivity index (χ4n) is 2.10. The lowest BCUT2D eigenvalue weighted by Crippen LogP contribution is -2.30. The van der Waals surface area contributed by atoms with Gasteiger partial charge in [0, 0.05) is 17.4 Å². The number of rotatable bonds is 7. The van der Waals surface area contributed by atoms with Crippen molar-refractivity contribution < 1.29 is 14.3 Å². The fraction of sp³-hybridized carbons (Fsp3) is 0.529. The first kappa shape index (κ1) is 15.8. The molecule has 0 aliphatic heterocycles. The van der Waals surface area contributed by atoms with Gasteiger partial charge in [0.25, 0.3) is 5.91 Å². The largest absolute Gasteiger partial charge is 0.368 e. The number of ether oxygens (including phenoxy) is 1. The molecule has 1 unspecified atom stereocenters. The van der Waals surface area contributed by atoms with Crippen LogP contribution in [0.1, 0.15) is 32.6 Å². The van der Waals surface area contributed by atoms with Gasteiger partial charge in [-0.15, -0.1) is 0 Å². The van der Waals surface area contributed by atoms with Gasteiger partial charge < -0.3 is 20.7 Å². The molecular weight excluding hydrogens is 294 g/mol. The van der Waals surface area contributed by atoms with Gasteiger partial charge in [0.15, 0.2) is 0 Å². The van der Waals surface area contributed by atoms with E-state index in [9.17, 15) is 9.59 Å². The van der Waals surface area contributed by atoms with Gasteiger partial charge in [-0.05, 0) is 62.8 Å². The minimum atomic E-state index is -0.460. The predicted molar refractivity (Wildman–Crippen MR) is 88.4 cm³/mol. The normalized spacial score (nSPS) is 18.1. The second kappa shape index (κ2) is 7.00. The van der Waals surface area contributed by atoms with Crippen molar-refractivity contribution in [2.75, 3.05) is 17.2 Å². The van der Waals surface area contributed by atoms with Crippen LogP contribution < -0.4 is 16.0 Å². The second-order valence-corrected chi connectivity index (χ2v) is 6.36. The zero-order valence-corrected chi connectivity index (χ0v) is 13.3. The van der Waals surface area contributed by atoms with Gasteiger partial charge in [-0.1, -0.05) is 0 Å². The Morgan fingerprint density at radius 1 is 1.09 bits per heavy atom. The van der Waals surface area contributed by atoms with Crippen molar-refractivity contribution in [3.05, 3.63) is 24.3 Å². The van der Waals surface area contributed by atoms with Crippen LogP contribution in [0.4, 0.5) is 16.2 Å². The number of carbonyl (C=O) groups is 2. The van der Waals surface area contributed by atoms with Gasteiger partial charge in [-0.25, -0.2) is 4.79 Å². The topological polar surface area (TPSA) is 79.5 Å². The van der Waals surface area contributed by atoms with E-state index < -0.39 is 6.10 Å². The zero-order chi connectivity index (χ0) is 16.2. The maximum Gasteiger partial charge on any atom is 0.319 e. The number of hydrogen-bond acceptors (Lipinski definition) is 3. The molecule has 0 bridgehead atoms. The lowest BCUT2D eigenvalue weighted by Gasteiger charge is -2.13. The first-order valence-corrected chi connectivity index (χ1v) is 8.20. The molecule has 0 aromatic heterocycles. The third kappa shape index (κ3) is 5.25. The Balaban J connectivity index is 1.43. The van der Waals surface area contributed by atoms with Crippen molar-refractivity contribution in [2.24, 2.45) is 5.92 Å². The third-order valence-electron chi connectivity index (χ3n) is 3.97. The Morgan fingerprint density at radius 3 is 2.26 bits per heavy atom. The molecule has 1 aromatic carbocycles. The Kier molecular flexibility index (Phi) is 4.81. The van der Waals surface area contributed by atoms with Crippen LogP contribution in [0.25, 0.3) is 0 Å². The maximum absolute atomic E-state index is 12.0. The first-order chi connectivity index (χ1) is 11.1. The zero-order valence-electron chi connectivity index (χ0n) is 13.3. The van der Waals surface area contributed by atoms with Crippen LogP contribution in [-0.4, -0.2) is 30.7 Å². The number of urea groups is 1. The van der Waals surface area contributed by atoms with E-state index in [2.05, 4.69) is 16.0 Å². The summed E-state index contributed by atoms with van der Waals surface area (Å²) in [5, 5.41) is 8.44. The van der Waals surface area contributed by atoms with Crippen LogP contribution in [0.2, 0.25) is 0 Å². The molecule has 2 fully saturated rings. The van der Waals surface area contributed by atoms with E-state index in [1.54, 1.807) is 31.2 Å². The fourth-order valence-corrected chi connectivity index (χ4v) is 2.10. The van der Waals surface area contributed by atoms with Crippen LogP contribution in [0.5, 0.6) is 0 Å². The Hall–Kier alpha value is -2.08. The van der Waals surface area contributed by atoms with Gasteiger partial charge in [0.1, 0.15) is 6.10 Å². The van der Waals surface area contributed by atoms with E-state index in [-0.39, 0.29) is 11.9 Å². The van der Waals surface area contributed by atoms with Crippen molar-refractivity contribution in [3.63, 3.8) is 0 Å². The average molecular weight is 317 g/mol. The SMILES string of the molecule is CC(OCC1CC1)C(=O)Nc1ccc(NC(=O)NC2CC2)cc1. The summed E-state index contributed by atoms with van der Waals surface area (Å²) in [4.78, 5) is 23.7. The maximum atomic E-state index is 12.0. The summed E-state index contributed by atoms with van der Waals surface area (Å²) in [5.74, 6) is 0.482. The third-order valence-corrected chi connectivity index (χ3v) is 3.97. The van der Waals surface area contributed by atoms with Gasteiger partial charge in [-0.2, -0.15) is 0 Å². The highest BCUT2D eigenvalue weighted by Gasteiger charge is 2.24. The molecule has 3 amide bonds. The quantitative estimate of drug-likeness (QED) is 0.723. The molecule has 1 aromatic rings. The number of benzene rings is 1. The van der Waals surface area contributed by atoms with Gasteiger partial charge in [0.2, 0.25) is 0 Å². The lowest BCUT2D eigenvalue weighted by molar-refractivity contribution is -0.126. The summed E-state index contributed by atoms with van der Waals surface area (Å²) < 4.78 is 5.54. The highest BCUT2D eigenvalue weighted by Crippen LogP contribution is 2.29. The number of hydrogen-bond donors (Lipinski definition) is 3. The van der Waals surface area contributed by atoms with E-state index in [1.807, 2.05) is 0 Å². The van der Waals surface area contributed by atoms with Crippen LogP contribution in [0.3, 0.4) is 0 Å². The molecule has 6 nitrogen and oxygen atoms in total. The van der Waals surface area contributed by atoms with Crippen LogP contribution in [0.15, 0.2) is 24.3 Å². The van der Waals surface area contributed by atoms with E-state index >= 15 is 0 Å². The highest BCUT2D eigenvalue weighted by molar-refractivity contribution is 5.94. The molecule has 1 atom stereocenters. The van der Waals surface area contributed by atoms with Crippen molar-refractivity contribution in [1.29, 1.82) is 0 Å². The van der Waals surface area contributed by atoms with Crippen LogP contribution in [0, 0.1) is 5.92 Å². The minimum absolute atomic E-state index is 0.155. The minimum Gasteiger partial charge on any atom is -0.368 e. The van der Waals surface area contributed by atoms with Crippen LogP contribution in [-0.2, 0) is 9.53 Å². The predicted octanol–water partition coefficient (Wildman–Crippen LogP) is 2.72. The van der Waals surface area contributed by atoms with Crippen molar-refractivity contribution in [1.82, 2.24) is 5.32 Å². The molecule has 3 rings (SSSR count). The van der Waals surface area contributed by atoms with E-state index in [4.69, 9.17) is 4.74 Å². The van der Waals surface area contributed by atoms with Crippen molar-refractivity contribution >= 4 is 23.3 Å². The average Bonchev–Trinajstić information content (AvgIpc) is 3.41. The molecule has 2 aliphatic carbocycles. The smallest absolute Gasteiger partial charge is 0.319 e. The molecule has 0 spiro atoms. The summed E-state index contributed by atoms with van der Waals surface area (Å²) in [6.45, 7) is 2.42. The molecule has 6 heteroatoms. The molecule has 0 saturated heterocycles. The number of nitrogens with one attached hydrogen (secondary N) is 3. The molecule has 23 heavy (non-hydrogen) atoms. The standard InChI is InChI=1S/C17H23N3O3/c1-11(23-10-12-2-3-12)16(21)18-13-4-6-14(7-5-13)19-17(22)20-15-8-9-15/h4-7,11-12,15H,2-3,8-10H2,1H3,(H,18,21)(H2,19,20,22). The molecule has 124 valence electrons. The molecule has 3 N–H and O–H groups in total. The molecular formula is C17H23N3O3. The van der Waals surface area contributed by atoms with Gasteiger partial charge in [-0.3, -0.25) is 4.79 Å². The Morgan fingerprint density at radius 2 is 1.70 bits per heavy atom. The van der Waals surface area contributed by atoms with Gasteiger partial charge >= 0.3 is 6.03 Å². The highest BCUT2D eigenvalue weighted by atomic mass is 16.5. The summed E-state index contributed by atoms with van der Waals surface area (Å²) in [7, 11) is 0. The summed E-state index contributed by atoms with van der Waals surface area (Å²) >= 11 is 0. The monoisotopic (exact) mass is 317 g/mol. The molecule has 2 aliphatic rings. The van der Waals surface area contributed by atoms with E-state index in [1.165, 1.54) is 12.8 Å². The van der Waals surface area contributed by atoms with Crippen molar-refractivity contribution in [3.8, 4) is 0 Å². The number of amides is 3. The summed E-state index contributed by atoms with van der Waals surface area (Å²) in [6, 6.07) is 7.18. The first-order valence-electron chi connectivity index (χ1n) is 8.20. The Bertz CT molecular complexity index is 565. The van der Waals surface area contributed by atoms with Crippen molar-refractivity contribution in [2.45, 2.75) is 44.8 Å². The van der Waals surface area contributed by atoms with E-state index in [0.717, 1.165) is 12.8 Å². The number of carbonyl (C=O) groups excluding carboxylic acids is 2. The lowest BCUT2D eigenvalue weighted by atomic mass is 10.2. The van der Waals surface area contributed by atoms with E-state index in [0.29, 0.717) is 29.9 Å². The number of anilines is 2. The molecule has 0 radical (unpaired) electrons.